The first-order valence-electron chi connectivity index (χ1n) is 16.0. The number of fused-ring (bicyclic) bond motifs is 4. The Kier molecular flexibility index (Phi) is 8.68. The molecular formula is C34H37ClFN7O3. The van der Waals surface area contributed by atoms with E-state index in [1.807, 2.05) is 18.2 Å². The van der Waals surface area contributed by atoms with Crippen molar-refractivity contribution < 1.29 is 18.7 Å². The highest BCUT2D eigenvalue weighted by atomic mass is 35.5. The van der Waals surface area contributed by atoms with Gasteiger partial charge in [0, 0.05) is 61.9 Å². The van der Waals surface area contributed by atoms with Crippen LogP contribution >= 0.6 is 11.6 Å². The number of hydrogen-bond acceptors (Lipinski definition) is 9. The van der Waals surface area contributed by atoms with Gasteiger partial charge in [-0.3, -0.25) is 9.69 Å². The fourth-order valence-corrected chi connectivity index (χ4v) is 7.67. The molecule has 240 valence electrons. The van der Waals surface area contributed by atoms with Gasteiger partial charge in [-0.15, -0.1) is 0 Å². The second-order valence-electron chi connectivity index (χ2n) is 12.4. The van der Waals surface area contributed by atoms with Crippen LogP contribution in [0.3, 0.4) is 0 Å². The van der Waals surface area contributed by atoms with Gasteiger partial charge in [0.05, 0.1) is 55.1 Å². The fourth-order valence-electron chi connectivity index (χ4n) is 7.39. The van der Waals surface area contributed by atoms with Crippen LogP contribution in [0.5, 0.6) is 6.01 Å². The van der Waals surface area contributed by atoms with Crippen molar-refractivity contribution in [2.24, 2.45) is 0 Å². The molecule has 0 saturated carbocycles. The van der Waals surface area contributed by atoms with Crippen LogP contribution in [0.1, 0.15) is 30.5 Å². The molecule has 3 atom stereocenters. The Labute approximate surface area is 272 Å². The van der Waals surface area contributed by atoms with E-state index in [9.17, 15) is 14.4 Å². The van der Waals surface area contributed by atoms with Crippen molar-refractivity contribution in [3.63, 3.8) is 0 Å². The molecule has 5 heterocycles. The molecule has 4 aliphatic rings. The Morgan fingerprint density at radius 3 is 2.76 bits per heavy atom. The van der Waals surface area contributed by atoms with Gasteiger partial charge in [-0.1, -0.05) is 42.4 Å². The SMILES string of the molecule is C=C(F)C(=O)N1CCN(c2nc(OCCCN3C[C@@H]4C[C@@H]3CO4)nc3c2CCN(c2cccc4cccc(Cl)c24)C3)C[C@@H]1CC#N. The number of aromatic nitrogens is 2. The van der Waals surface area contributed by atoms with Crippen LogP contribution in [0.25, 0.3) is 10.8 Å². The number of rotatable bonds is 9. The van der Waals surface area contributed by atoms with Crippen LogP contribution in [0.15, 0.2) is 48.8 Å². The molecule has 46 heavy (non-hydrogen) atoms. The summed E-state index contributed by atoms with van der Waals surface area (Å²) in [5, 5.41) is 12.3. The number of halogens is 2. The number of amides is 1. The van der Waals surface area contributed by atoms with Gasteiger partial charge < -0.3 is 24.2 Å². The number of piperazine rings is 1. The van der Waals surface area contributed by atoms with E-state index in [0.29, 0.717) is 55.8 Å². The van der Waals surface area contributed by atoms with E-state index in [4.69, 9.17) is 31.0 Å². The van der Waals surface area contributed by atoms with Gasteiger partial charge in [0.1, 0.15) is 5.82 Å². The van der Waals surface area contributed by atoms with Gasteiger partial charge in [0.2, 0.25) is 0 Å². The maximum absolute atomic E-state index is 13.8. The van der Waals surface area contributed by atoms with Crippen molar-refractivity contribution in [3.05, 3.63) is 65.1 Å². The summed E-state index contributed by atoms with van der Waals surface area (Å²) in [7, 11) is 0. The van der Waals surface area contributed by atoms with Crippen molar-refractivity contribution >= 4 is 39.8 Å². The summed E-state index contributed by atoms with van der Waals surface area (Å²) < 4.78 is 25.8. The summed E-state index contributed by atoms with van der Waals surface area (Å²) in [4.78, 5) is 30.7. The van der Waals surface area contributed by atoms with Gasteiger partial charge in [-0.25, -0.2) is 4.39 Å². The lowest BCUT2D eigenvalue weighted by Crippen LogP contribution is -2.55. The number of benzene rings is 2. The van der Waals surface area contributed by atoms with Crippen molar-refractivity contribution in [1.82, 2.24) is 19.8 Å². The van der Waals surface area contributed by atoms with Crippen LogP contribution in [-0.2, 0) is 22.5 Å². The first-order chi connectivity index (χ1) is 22.4. The lowest BCUT2D eigenvalue weighted by Gasteiger charge is -2.42. The molecule has 3 fully saturated rings. The number of carbonyl (C=O) groups excluding carboxylic acids is 1. The maximum atomic E-state index is 13.8. The molecule has 1 aromatic heterocycles. The topological polar surface area (TPSA) is 98.1 Å². The lowest BCUT2D eigenvalue weighted by molar-refractivity contribution is -0.131. The Hall–Kier alpha value is -3.98. The number of ether oxygens (including phenoxy) is 2. The van der Waals surface area contributed by atoms with Gasteiger partial charge in [-0.2, -0.15) is 15.2 Å². The van der Waals surface area contributed by atoms with Crippen molar-refractivity contribution in [3.8, 4) is 12.1 Å². The number of carbonyl (C=O) groups is 1. The van der Waals surface area contributed by atoms with Crippen LogP contribution < -0.4 is 14.5 Å². The van der Waals surface area contributed by atoms with Crippen LogP contribution in [0.2, 0.25) is 5.02 Å². The predicted octanol–water partition coefficient (Wildman–Crippen LogP) is 4.50. The molecule has 7 rings (SSSR count). The summed E-state index contributed by atoms with van der Waals surface area (Å²) in [6, 6.07) is 14.6. The highest BCUT2D eigenvalue weighted by Gasteiger charge is 2.38. The molecule has 1 amide bonds. The second-order valence-corrected chi connectivity index (χ2v) is 12.9. The molecule has 3 aromatic rings. The molecule has 10 nitrogen and oxygen atoms in total. The minimum Gasteiger partial charge on any atom is -0.463 e. The van der Waals surface area contributed by atoms with Gasteiger partial charge >= 0.3 is 6.01 Å². The normalized spacial score (nSPS) is 22.6. The monoisotopic (exact) mass is 645 g/mol. The maximum Gasteiger partial charge on any atom is 0.318 e. The number of likely N-dealkylation sites (tertiary alicyclic amines) is 1. The lowest BCUT2D eigenvalue weighted by atomic mass is 10.0. The Morgan fingerprint density at radius 1 is 1.15 bits per heavy atom. The van der Waals surface area contributed by atoms with E-state index in [1.54, 1.807) is 0 Å². The highest BCUT2D eigenvalue weighted by molar-refractivity contribution is 6.36. The zero-order valence-corrected chi connectivity index (χ0v) is 26.5. The third-order valence-corrected chi connectivity index (χ3v) is 9.95. The highest BCUT2D eigenvalue weighted by Crippen LogP contribution is 2.37. The third-order valence-electron chi connectivity index (χ3n) is 9.63. The average Bonchev–Trinajstić information content (AvgIpc) is 3.70. The second kappa shape index (κ2) is 13.0. The Bertz CT molecular complexity index is 1690. The molecule has 0 radical (unpaired) electrons. The average molecular weight is 646 g/mol. The first kappa shape index (κ1) is 30.7. The van der Waals surface area contributed by atoms with Crippen molar-refractivity contribution in [2.45, 2.75) is 50.4 Å². The largest absolute Gasteiger partial charge is 0.463 e. The van der Waals surface area contributed by atoms with Gasteiger partial charge in [0.15, 0.2) is 5.83 Å². The summed E-state index contributed by atoms with van der Waals surface area (Å²) in [6.07, 6.45) is 3.08. The zero-order chi connectivity index (χ0) is 31.8. The van der Waals surface area contributed by atoms with Gasteiger partial charge in [-0.05, 0) is 36.8 Å². The van der Waals surface area contributed by atoms with E-state index in [1.165, 1.54) is 4.90 Å². The molecule has 3 saturated heterocycles. The molecule has 0 aliphatic carbocycles. The quantitative estimate of drug-likeness (QED) is 0.246. The van der Waals surface area contributed by atoms with E-state index < -0.39 is 17.8 Å². The molecular weight excluding hydrogens is 609 g/mol. The predicted molar refractivity (Wildman–Crippen MR) is 174 cm³/mol. The summed E-state index contributed by atoms with van der Waals surface area (Å²) in [6.45, 7) is 8.71. The van der Waals surface area contributed by atoms with Crippen molar-refractivity contribution in [1.29, 1.82) is 5.26 Å². The van der Waals surface area contributed by atoms with Crippen molar-refractivity contribution in [2.75, 3.05) is 62.3 Å². The Morgan fingerprint density at radius 2 is 2.00 bits per heavy atom. The first-order valence-corrected chi connectivity index (χ1v) is 16.3. The van der Waals surface area contributed by atoms with E-state index in [0.717, 1.165) is 72.6 Å². The molecule has 12 heteroatoms. The fraction of sp³-hybridized carbons (Fsp3) is 0.471. The van der Waals surface area contributed by atoms with E-state index in [-0.39, 0.29) is 13.0 Å². The van der Waals surface area contributed by atoms with E-state index >= 15 is 0 Å². The standard InChI is InChI=1S/C34H37ClFN7O3/c1-22(36)33(44)43-15-14-42(18-24(43)9-11-37)32-27-10-13-41(30-8-3-6-23-5-2-7-28(35)31(23)30)20-29(27)38-34(39-32)45-16-4-12-40-19-26-17-25(40)21-46-26/h2-3,5-8,24-26H,1,4,9-10,12-21H2/t24-,25+,26-/m0/s1. The number of hydrogen-bond donors (Lipinski definition) is 0. The molecule has 2 aromatic carbocycles. The minimum absolute atomic E-state index is 0.0746. The molecule has 0 unspecified atom stereocenters. The Balaban J connectivity index is 1.15. The van der Waals surface area contributed by atoms with Gasteiger partial charge in [0.25, 0.3) is 5.91 Å². The third kappa shape index (κ3) is 5.97. The number of morpholine rings is 1. The summed E-state index contributed by atoms with van der Waals surface area (Å²) in [5.74, 6) is -1.04. The number of nitriles is 1. The minimum atomic E-state index is -1.02. The van der Waals surface area contributed by atoms with Crippen LogP contribution in [0, 0.1) is 11.3 Å². The molecule has 4 aliphatic heterocycles. The smallest absolute Gasteiger partial charge is 0.318 e. The summed E-state index contributed by atoms with van der Waals surface area (Å²) >= 11 is 6.70. The molecule has 0 N–H and O–H groups in total. The molecule has 0 spiro atoms. The van der Waals surface area contributed by atoms with E-state index in [2.05, 4.69) is 45.5 Å². The number of nitrogens with zero attached hydrogens (tertiary/aromatic N) is 7. The van der Waals surface area contributed by atoms with Crippen LogP contribution in [-0.4, -0.2) is 96.3 Å². The summed E-state index contributed by atoms with van der Waals surface area (Å²) in [5.41, 5.74) is 2.94. The number of anilines is 2. The zero-order valence-electron chi connectivity index (χ0n) is 25.7. The van der Waals surface area contributed by atoms with Crippen LogP contribution in [0.4, 0.5) is 15.9 Å². The molecule has 2 bridgehead atoms.